The average Bonchev–Trinajstić information content (AvgIpc) is 3.26. The molecule has 1 amide bonds. The molecule has 9 atom stereocenters. The van der Waals surface area contributed by atoms with Gasteiger partial charge in [0, 0.05) is 6.42 Å². The fourth-order valence-electron chi connectivity index (χ4n) is 6.73. The number of alkyl halides is 1. The molecule has 0 aromatic rings. The lowest BCUT2D eigenvalue weighted by Gasteiger charge is -2.45. The molecule has 45 heavy (non-hydrogen) atoms. The van der Waals surface area contributed by atoms with E-state index in [1.165, 1.54) is 82.4 Å². The van der Waals surface area contributed by atoms with Crippen LogP contribution in [0.15, 0.2) is 0 Å². The minimum absolute atomic E-state index is 0.179. The number of aliphatic hydroxyl groups excluding tert-OH is 2. The van der Waals surface area contributed by atoms with Gasteiger partial charge in [-0.2, -0.15) is 0 Å². The van der Waals surface area contributed by atoms with E-state index in [1.54, 1.807) is 13.2 Å². The summed E-state index contributed by atoms with van der Waals surface area (Å²) in [6, 6.07) is -1.08. The number of esters is 1. The highest BCUT2D eigenvalue weighted by molar-refractivity contribution is 7.99. The molecule has 0 aromatic carbocycles. The highest BCUT2D eigenvalue weighted by Crippen LogP contribution is 2.33. The Labute approximate surface area is 283 Å². The normalized spacial score (nSPS) is 28.6. The molecule has 2 saturated heterocycles. The maximum Gasteiger partial charge on any atom is 0.306 e. The molecule has 2 fully saturated rings. The zero-order valence-corrected chi connectivity index (χ0v) is 30.2. The second-order valence-electron chi connectivity index (χ2n) is 13.4. The van der Waals surface area contributed by atoms with Gasteiger partial charge in [0.15, 0.2) is 6.10 Å². The van der Waals surface area contributed by atoms with E-state index in [2.05, 4.69) is 24.5 Å². The number of ether oxygens (including phenoxy) is 2. The third-order valence-corrected chi connectivity index (χ3v) is 10.7. The lowest BCUT2D eigenvalue weighted by molar-refractivity contribution is -0.218. The van der Waals surface area contributed by atoms with E-state index < -0.39 is 47.2 Å². The number of unbranched alkanes of at least 4 members (excludes halogenated alkanes) is 12. The van der Waals surface area contributed by atoms with Crippen molar-refractivity contribution in [1.82, 2.24) is 10.6 Å². The van der Waals surface area contributed by atoms with Crippen LogP contribution in [-0.2, 0) is 19.1 Å². The first-order chi connectivity index (χ1) is 21.7. The summed E-state index contributed by atoms with van der Waals surface area (Å²) >= 11 is 7.83. The Balaban J connectivity index is 1.76. The number of halogens is 1. The Morgan fingerprint density at radius 2 is 1.51 bits per heavy atom. The molecular weight excluding hydrogens is 612 g/mol. The van der Waals surface area contributed by atoms with E-state index in [0.29, 0.717) is 5.92 Å². The number of hydrogen-bond acceptors (Lipinski definition) is 8. The van der Waals surface area contributed by atoms with Crippen LogP contribution in [0, 0.1) is 5.92 Å². The second-order valence-corrected chi connectivity index (χ2v) is 15.0. The molecule has 0 saturated carbocycles. The average molecular weight is 677 g/mol. The smallest absolute Gasteiger partial charge is 0.306 e. The number of rotatable bonds is 22. The predicted octanol–water partition coefficient (Wildman–Crippen LogP) is 6.86. The van der Waals surface area contributed by atoms with Crippen LogP contribution in [0.3, 0.4) is 0 Å². The third kappa shape index (κ3) is 15.0. The van der Waals surface area contributed by atoms with Crippen molar-refractivity contribution in [1.29, 1.82) is 0 Å². The SMILES string of the molecule is CCCCCCCCCCCCCCCC(=O)O[C@@H]1[C@@H](O)[C@@H](O)[C@@H]([C@H](NC(=O)[C@@H]2CCC(CCC)CCN2)[C@H](C)Cl)O[C@@H]1SC. The number of amides is 1. The Morgan fingerprint density at radius 1 is 0.911 bits per heavy atom. The van der Waals surface area contributed by atoms with Crippen LogP contribution in [0.5, 0.6) is 0 Å². The Morgan fingerprint density at radius 3 is 2.07 bits per heavy atom. The summed E-state index contributed by atoms with van der Waals surface area (Å²) in [5, 5.41) is 28.0. The zero-order chi connectivity index (χ0) is 33.0. The van der Waals surface area contributed by atoms with Crippen LogP contribution in [0.1, 0.15) is 143 Å². The summed E-state index contributed by atoms with van der Waals surface area (Å²) in [4.78, 5) is 26.0. The summed E-state index contributed by atoms with van der Waals surface area (Å²) < 4.78 is 11.9. The van der Waals surface area contributed by atoms with E-state index in [1.807, 2.05) is 0 Å². The van der Waals surface area contributed by atoms with Crippen molar-refractivity contribution in [3.8, 4) is 0 Å². The Kier molecular flexibility index (Phi) is 21.4. The topological polar surface area (TPSA) is 117 Å². The lowest BCUT2D eigenvalue weighted by Crippen LogP contribution is -2.65. The standard InChI is InChI=1S/C35H65ClN2O6S/c1-5-7-8-9-10-11-12-13-14-15-16-17-18-20-28(39)43-33-31(41)30(40)32(44-35(33)45-4)29(25(3)36)38-34(42)27-22-21-26(19-6-2)23-24-37-27/h25-27,29-33,35,37,40-41H,5-24H2,1-4H3,(H,38,42)/t25-,26?,27-,29+,30+,31-,32+,33+,35+/m0/s1. The van der Waals surface area contributed by atoms with Gasteiger partial charge in [-0.25, -0.2) is 0 Å². The minimum Gasteiger partial charge on any atom is -0.456 e. The molecule has 2 heterocycles. The number of aliphatic hydroxyl groups is 2. The molecule has 4 N–H and O–H groups in total. The number of carbonyl (C=O) groups is 2. The fourth-order valence-corrected chi connectivity index (χ4v) is 7.66. The van der Waals surface area contributed by atoms with Gasteiger partial charge in [-0.05, 0) is 51.3 Å². The van der Waals surface area contributed by atoms with Crippen molar-refractivity contribution in [3.63, 3.8) is 0 Å². The maximum absolute atomic E-state index is 13.3. The van der Waals surface area contributed by atoms with Crippen LogP contribution in [0.25, 0.3) is 0 Å². The van der Waals surface area contributed by atoms with Crippen LogP contribution < -0.4 is 10.6 Å². The highest BCUT2D eigenvalue weighted by atomic mass is 35.5. The van der Waals surface area contributed by atoms with Crippen molar-refractivity contribution < 1.29 is 29.3 Å². The number of nitrogens with one attached hydrogen (secondary N) is 2. The molecule has 8 nitrogen and oxygen atoms in total. The highest BCUT2D eigenvalue weighted by Gasteiger charge is 2.50. The van der Waals surface area contributed by atoms with Crippen molar-refractivity contribution >= 4 is 35.2 Å². The maximum atomic E-state index is 13.3. The van der Waals surface area contributed by atoms with Gasteiger partial charge >= 0.3 is 5.97 Å². The van der Waals surface area contributed by atoms with Gasteiger partial charge in [0.1, 0.15) is 23.7 Å². The molecule has 2 aliphatic rings. The number of thioether (sulfide) groups is 1. The second kappa shape index (κ2) is 23.7. The van der Waals surface area contributed by atoms with Gasteiger partial charge in [0.05, 0.1) is 17.5 Å². The molecule has 0 aromatic heterocycles. The molecule has 0 aliphatic carbocycles. The van der Waals surface area contributed by atoms with Gasteiger partial charge in [-0.1, -0.05) is 104 Å². The van der Waals surface area contributed by atoms with E-state index in [-0.39, 0.29) is 18.4 Å². The monoisotopic (exact) mass is 676 g/mol. The molecule has 0 radical (unpaired) electrons. The summed E-state index contributed by atoms with van der Waals surface area (Å²) in [7, 11) is 0. The largest absolute Gasteiger partial charge is 0.456 e. The molecule has 264 valence electrons. The molecule has 2 rings (SSSR count). The van der Waals surface area contributed by atoms with E-state index in [0.717, 1.165) is 51.5 Å². The molecule has 0 spiro atoms. The zero-order valence-electron chi connectivity index (χ0n) is 28.7. The van der Waals surface area contributed by atoms with Crippen LogP contribution in [0.4, 0.5) is 0 Å². The first kappa shape index (κ1) is 40.6. The van der Waals surface area contributed by atoms with Gasteiger partial charge in [0.2, 0.25) is 5.91 Å². The van der Waals surface area contributed by atoms with Gasteiger partial charge in [-0.3, -0.25) is 9.59 Å². The van der Waals surface area contributed by atoms with Crippen LogP contribution in [0.2, 0.25) is 0 Å². The van der Waals surface area contributed by atoms with Gasteiger partial charge in [-0.15, -0.1) is 23.4 Å². The van der Waals surface area contributed by atoms with Crippen LogP contribution in [-0.4, -0.2) is 82.2 Å². The van der Waals surface area contributed by atoms with Gasteiger partial charge in [0.25, 0.3) is 0 Å². The Bertz CT molecular complexity index is 806. The van der Waals surface area contributed by atoms with Crippen molar-refractivity contribution in [3.05, 3.63) is 0 Å². The minimum atomic E-state index is -1.38. The lowest BCUT2D eigenvalue weighted by atomic mass is 9.92. The molecule has 0 bridgehead atoms. The van der Waals surface area contributed by atoms with Crippen molar-refractivity contribution in [2.45, 2.75) is 190 Å². The predicted molar refractivity (Wildman–Crippen MR) is 186 cm³/mol. The number of carbonyl (C=O) groups excluding carboxylic acids is 2. The Hall–Kier alpha value is -0.580. The summed E-state index contributed by atoms with van der Waals surface area (Å²) in [5.41, 5.74) is -0.704. The number of hydrogen-bond donors (Lipinski definition) is 4. The van der Waals surface area contributed by atoms with Crippen molar-refractivity contribution in [2.75, 3.05) is 12.8 Å². The fraction of sp³-hybridized carbons (Fsp3) is 0.943. The molecule has 1 unspecified atom stereocenters. The molecular formula is C35H65ClN2O6S. The molecule has 2 aliphatic heterocycles. The van der Waals surface area contributed by atoms with Crippen LogP contribution >= 0.6 is 23.4 Å². The van der Waals surface area contributed by atoms with Crippen molar-refractivity contribution in [2.24, 2.45) is 5.92 Å². The summed E-state index contributed by atoms with van der Waals surface area (Å²) in [5.74, 6) is 0.0435. The van der Waals surface area contributed by atoms with Gasteiger partial charge < -0.3 is 30.3 Å². The summed E-state index contributed by atoms with van der Waals surface area (Å²) in [6.07, 6.45) is 18.4. The first-order valence-corrected chi connectivity index (χ1v) is 19.9. The quantitative estimate of drug-likeness (QED) is 0.0558. The first-order valence-electron chi connectivity index (χ1n) is 18.1. The summed E-state index contributed by atoms with van der Waals surface area (Å²) in [6.45, 7) is 6.96. The van der Waals surface area contributed by atoms with E-state index in [9.17, 15) is 19.8 Å². The molecule has 10 heteroatoms. The van der Waals surface area contributed by atoms with E-state index in [4.69, 9.17) is 21.1 Å². The third-order valence-electron chi connectivity index (χ3n) is 9.54. The van der Waals surface area contributed by atoms with E-state index >= 15 is 0 Å².